The summed E-state index contributed by atoms with van der Waals surface area (Å²) >= 11 is 1.72. The van der Waals surface area contributed by atoms with Crippen LogP contribution in [0.25, 0.3) is 34.5 Å². The normalized spacial score (nSPS) is 11.7. The molecule has 0 aliphatic carbocycles. The first-order valence-electron chi connectivity index (χ1n) is 8.53. The van der Waals surface area contributed by atoms with Gasteiger partial charge in [-0.2, -0.15) is 0 Å². The minimum absolute atomic E-state index is 1.03. The summed E-state index contributed by atoms with van der Waals surface area (Å²) < 4.78 is 3.26. The van der Waals surface area contributed by atoms with Gasteiger partial charge in [-0.3, -0.25) is 0 Å². The van der Waals surface area contributed by atoms with Crippen molar-refractivity contribution in [3.63, 3.8) is 0 Å². The Morgan fingerprint density at radius 1 is 0.731 bits per heavy atom. The Bertz CT molecular complexity index is 1040. The van der Waals surface area contributed by atoms with E-state index in [1.165, 1.54) is 21.4 Å². The molecule has 0 radical (unpaired) electrons. The van der Waals surface area contributed by atoms with Crippen molar-refractivity contribution in [2.75, 3.05) is 0 Å². The van der Waals surface area contributed by atoms with E-state index in [1.54, 1.807) is 11.3 Å². The molecule has 0 saturated carbocycles. The highest BCUT2D eigenvalue weighted by Gasteiger charge is 1.99. The topological polar surface area (TPSA) is 16.8 Å². The van der Waals surface area contributed by atoms with Crippen LogP contribution < -0.4 is 4.57 Å². The summed E-state index contributed by atoms with van der Waals surface area (Å²) in [6.45, 7) is 0. The molecule has 0 N–H and O–H groups in total. The molecule has 0 bridgehead atoms. The second kappa shape index (κ2) is 7.46. The molecule has 4 aromatic rings. The van der Waals surface area contributed by atoms with Gasteiger partial charge in [0.1, 0.15) is 12.1 Å². The van der Waals surface area contributed by atoms with E-state index in [0.29, 0.717) is 0 Å². The van der Waals surface area contributed by atoms with Gasteiger partial charge in [0, 0.05) is 12.1 Å². The molecule has 26 heavy (non-hydrogen) atoms. The second-order valence-electron chi connectivity index (χ2n) is 6.15. The van der Waals surface area contributed by atoms with Gasteiger partial charge >= 0.3 is 0 Å². The number of nitrogens with zero attached hydrogens (tertiary/aromatic N) is 2. The maximum Gasteiger partial charge on any atom is 0.169 e. The largest absolute Gasteiger partial charge is 0.237 e. The van der Waals surface area contributed by atoms with Crippen molar-refractivity contribution in [2.24, 2.45) is 7.05 Å². The molecule has 2 aromatic carbocycles. The monoisotopic (exact) mass is 355 g/mol. The van der Waals surface area contributed by atoms with Crippen molar-refractivity contribution >= 4 is 45.9 Å². The molecule has 2 heterocycles. The first-order chi connectivity index (χ1) is 12.8. The van der Waals surface area contributed by atoms with Crippen LogP contribution in [0.2, 0.25) is 0 Å². The van der Waals surface area contributed by atoms with Crippen LogP contribution in [-0.4, -0.2) is 4.98 Å². The molecule has 4 rings (SSSR count). The molecule has 126 valence electrons. The Morgan fingerprint density at radius 3 is 1.96 bits per heavy atom. The number of fused-ring (bicyclic) bond motifs is 1. The fourth-order valence-corrected chi connectivity index (χ4v) is 3.53. The molecule has 0 aliphatic heterocycles. The highest BCUT2D eigenvalue weighted by Crippen LogP contribution is 2.23. The van der Waals surface area contributed by atoms with Gasteiger partial charge in [-0.1, -0.05) is 54.6 Å². The lowest BCUT2D eigenvalue weighted by Gasteiger charge is -1.96. The summed E-state index contributed by atoms with van der Waals surface area (Å²) in [6, 6.07) is 21.0. The van der Waals surface area contributed by atoms with Crippen molar-refractivity contribution in [3.8, 4) is 0 Å². The highest BCUT2D eigenvalue weighted by molar-refractivity contribution is 7.19. The lowest BCUT2D eigenvalue weighted by Crippen LogP contribution is -2.25. The molecule has 0 fully saturated rings. The molecule has 2 nitrogen and oxygen atoms in total. The number of rotatable bonds is 4. The van der Waals surface area contributed by atoms with E-state index in [2.05, 4.69) is 96.3 Å². The van der Waals surface area contributed by atoms with Crippen LogP contribution in [0.4, 0.5) is 0 Å². The zero-order valence-electron chi connectivity index (χ0n) is 14.5. The van der Waals surface area contributed by atoms with E-state index in [0.717, 1.165) is 10.5 Å². The smallest absolute Gasteiger partial charge is 0.169 e. The first-order valence-corrected chi connectivity index (χ1v) is 9.35. The average molecular weight is 355 g/mol. The summed E-state index contributed by atoms with van der Waals surface area (Å²) in [5.41, 5.74) is 4.62. The van der Waals surface area contributed by atoms with Gasteiger partial charge in [0.25, 0.3) is 0 Å². The SMILES string of the molecule is C[n+]1ccc(/C=C/c2ccc(/C=C/c3nc4ccccc4s3)cc2)cc1. The number of benzene rings is 2. The van der Waals surface area contributed by atoms with Gasteiger partial charge in [-0.25, -0.2) is 9.55 Å². The van der Waals surface area contributed by atoms with Crippen molar-refractivity contribution in [2.45, 2.75) is 0 Å². The minimum atomic E-state index is 1.03. The molecule has 0 saturated heterocycles. The third-order valence-electron chi connectivity index (χ3n) is 4.14. The third kappa shape index (κ3) is 3.95. The Kier molecular flexibility index (Phi) is 4.71. The van der Waals surface area contributed by atoms with Crippen LogP contribution in [0.15, 0.2) is 73.1 Å². The van der Waals surface area contributed by atoms with Crippen molar-refractivity contribution in [1.82, 2.24) is 4.98 Å². The number of aromatic nitrogens is 2. The maximum absolute atomic E-state index is 4.63. The summed E-state index contributed by atoms with van der Waals surface area (Å²) in [4.78, 5) is 4.63. The minimum Gasteiger partial charge on any atom is -0.237 e. The predicted octanol–water partition coefficient (Wildman–Crippen LogP) is 5.46. The lowest BCUT2D eigenvalue weighted by molar-refractivity contribution is -0.671. The van der Waals surface area contributed by atoms with E-state index in [9.17, 15) is 0 Å². The van der Waals surface area contributed by atoms with Gasteiger partial charge in [0.05, 0.1) is 10.2 Å². The van der Waals surface area contributed by atoms with E-state index in [-0.39, 0.29) is 0 Å². The van der Waals surface area contributed by atoms with Gasteiger partial charge in [0.15, 0.2) is 12.4 Å². The van der Waals surface area contributed by atoms with Crippen molar-refractivity contribution < 1.29 is 4.57 Å². The summed E-state index contributed by atoms with van der Waals surface area (Å²) in [7, 11) is 2.02. The Morgan fingerprint density at radius 2 is 1.31 bits per heavy atom. The molecule has 3 heteroatoms. The van der Waals surface area contributed by atoms with Gasteiger partial charge < -0.3 is 0 Å². The molecular weight excluding hydrogens is 336 g/mol. The zero-order valence-corrected chi connectivity index (χ0v) is 15.4. The van der Waals surface area contributed by atoms with E-state index in [4.69, 9.17) is 0 Å². The molecule has 0 unspecified atom stereocenters. The highest BCUT2D eigenvalue weighted by atomic mass is 32.1. The predicted molar refractivity (Wildman–Crippen MR) is 112 cm³/mol. The van der Waals surface area contributed by atoms with Crippen LogP contribution in [0, 0.1) is 0 Å². The molecule has 0 aliphatic rings. The Hall–Kier alpha value is -3.04. The number of hydrogen-bond acceptors (Lipinski definition) is 2. The summed E-state index contributed by atoms with van der Waals surface area (Å²) in [5, 5.41) is 1.03. The Labute approximate surface area is 157 Å². The number of hydrogen-bond donors (Lipinski definition) is 0. The van der Waals surface area contributed by atoms with Crippen molar-refractivity contribution in [1.29, 1.82) is 0 Å². The van der Waals surface area contributed by atoms with E-state index in [1.807, 2.05) is 17.7 Å². The number of aryl methyl sites for hydroxylation is 1. The van der Waals surface area contributed by atoms with Gasteiger partial charge in [-0.15, -0.1) is 11.3 Å². The quantitative estimate of drug-likeness (QED) is 0.444. The second-order valence-corrected chi connectivity index (χ2v) is 7.21. The number of pyridine rings is 1. The van der Waals surface area contributed by atoms with Crippen LogP contribution in [0.1, 0.15) is 21.7 Å². The van der Waals surface area contributed by atoms with Crippen LogP contribution in [0.3, 0.4) is 0 Å². The summed E-state index contributed by atoms with van der Waals surface area (Å²) in [6.07, 6.45) is 12.6. The van der Waals surface area contributed by atoms with Crippen LogP contribution in [-0.2, 0) is 7.05 Å². The van der Waals surface area contributed by atoms with Gasteiger partial charge in [0.2, 0.25) is 0 Å². The Balaban J connectivity index is 1.46. The van der Waals surface area contributed by atoms with E-state index >= 15 is 0 Å². The lowest BCUT2D eigenvalue weighted by atomic mass is 10.1. The third-order valence-corrected chi connectivity index (χ3v) is 5.14. The zero-order chi connectivity index (χ0) is 17.8. The number of thiazole rings is 1. The van der Waals surface area contributed by atoms with Crippen LogP contribution >= 0.6 is 11.3 Å². The fourth-order valence-electron chi connectivity index (χ4n) is 2.66. The van der Waals surface area contributed by atoms with Gasteiger partial charge in [-0.05, 0) is 34.9 Å². The molecular formula is C23H19N2S+. The molecule has 0 spiro atoms. The van der Waals surface area contributed by atoms with Crippen molar-refractivity contribution in [3.05, 3.63) is 94.8 Å². The maximum atomic E-state index is 4.63. The fraction of sp³-hybridized carbons (Fsp3) is 0.0435. The number of para-hydroxylation sites is 1. The summed E-state index contributed by atoms with van der Waals surface area (Å²) in [5.74, 6) is 0. The molecule has 0 atom stereocenters. The molecule has 0 amide bonds. The molecule has 2 aromatic heterocycles. The average Bonchev–Trinajstić information content (AvgIpc) is 3.10. The first kappa shape index (κ1) is 16.4. The van der Waals surface area contributed by atoms with E-state index < -0.39 is 0 Å². The van der Waals surface area contributed by atoms with Crippen LogP contribution in [0.5, 0.6) is 0 Å². The standard InChI is InChI=1S/C23H19N2S/c1-25-16-14-20(15-17-25)11-10-18-6-8-19(9-7-18)12-13-23-24-21-4-2-3-5-22(21)26-23/h2-17H,1H3/q+1/b11-10+,13-12+.